The molecule has 1 rings (SSSR count). The molecule has 0 aromatic heterocycles. The molecule has 3 N–H and O–H groups in total. The van der Waals surface area contributed by atoms with Crippen LogP contribution in [0.1, 0.15) is 30.0 Å². The first-order valence-electron chi connectivity index (χ1n) is 5.39. The Labute approximate surface area is 119 Å². The van der Waals surface area contributed by atoms with Gasteiger partial charge in [0, 0.05) is 34.6 Å². The standard InChI is InChI=1S/C12H15BrClNO3/c1-18-6-8-9(13)4-7(5-10(8)14)11(15)2-3-12(16)17/h4-5,11H,2-3,6,15H2,1H3,(H,16,17). The normalized spacial score (nSPS) is 12.4. The van der Waals surface area contributed by atoms with Crippen molar-refractivity contribution in [1.82, 2.24) is 0 Å². The number of benzene rings is 1. The van der Waals surface area contributed by atoms with Crippen LogP contribution in [-0.2, 0) is 16.1 Å². The number of carboxylic acid groups (broad SMARTS) is 1. The van der Waals surface area contributed by atoms with Crippen LogP contribution in [0.25, 0.3) is 0 Å². The van der Waals surface area contributed by atoms with Crippen LogP contribution in [0.15, 0.2) is 16.6 Å². The van der Waals surface area contributed by atoms with Gasteiger partial charge in [0.15, 0.2) is 0 Å². The molecule has 1 unspecified atom stereocenters. The van der Waals surface area contributed by atoms with Crippen molar-refractivity contribution in [2.45, 2.75) is 25.5 Å². The number of methoxy groups -OCH3 is 1. The minimum Gasteiger partial charge on any atom is -0.481 e. The molecule has 0 saturated heterocycles. The Morgan fingerprint density at radius 3 is 2.78 bits per heavy atom. The zero-order valence-corrected chi connectivity index (χ0v) is 12.3. The lowest BCUT2D eigenvalue weighted by Gasteiger charge is -2.14. The SMILES string of the molecule is COCc1c(Cl)cc(C(N)CCC(=O)O)cc1Br. The van der Waals surface area contributed by atoms with Crippen LogP contribution >= 0.6 is 27.5 Å². The van der Waals surface area contributed by atoms with Gasteiger partial charge in [0.1, 0.15) is 0 Å². The third kappa shape index (κ3) is 4.24. The molecule has 100 valence electrons. The Morgan fingerprint density at radius 2 is 2.28 bits per heavy atom. The van der Waals surface area contributed by atoms with E-state index in [9.17, 15) is 4.79 Å². The minimum absolute atomic E-state index is 0.0379. The quantitative estimate of drug-likeness (QED) is 0.837. The molecule has 1 atom stereocenters. The second-order valence-electron chi connectivity index (χ2n) is 3.94. The number of halogens is 2. The third-order valence-corrected chi connectivity index (χ3v) is 3.59. The number of carboxylic acids is 1. The molecule has 18 heavy (non-hydrogen) atoms. The predicted octanol–water partition coefficient (Wildman–Crippen LogP) is 3.11. The lowest BCUT2D eigenvalue weighted by Crippen LogP contribution is -2.12. The van der Waals surface area contributed by atoms with Gasteiger partial charge in [-0.3, -0.25) is 4.79 Å². The van der Waals surface area contributed by atoms with Gasteiger partial charge in [0.05, 0.1) is 6.61 Å². The average molecular weight is 337 g/mol. The number of carbonyl (C=O) groups is 1. The fourth-order valence-corrected chi connectivity index (χ4v) is 2.55. The van der Waals surface area contributed by atoms with Crippen molar-refractivity contribution in [2.24, 2.45) is 5.73 Å². The molecule has 0 aliphatic heterocycles. The molecule has 0 spiro atoms. The van der Waals surface area contributed by atoms with Gasteiger partial charge < -0.3 is 15.6 Å². The van der Waals surface area contributed by atoms with Crippen LogP contribution in [0.4, 0.5) is 0 Å². The average Bonchev–Trinajstić information content (AvgIpc) is 2.30. The number of hydrogen-bond donors (Lipinski definition) is 2. The van der Waals surface area contributed by atoms with Crippen molar-refractivity contribution >= 4 is 33.5 Å². The Balaban J connectivity index is 2.88. The summed E-state index contributed by atoms with van der Waals surface area (Å²) >= 11 is 9.55. The van der Waals surface area contributed by atoms with E-state index in [-0.39, 0.29) is 12.5 Å². The van der Waals surface area contributed by atoms with Gasteiger partial charge in [0.25, 0.3) is 0 Å². The molecule has 6 heteroatoms. The Bertz CT molecular complexity index is 416. The van der Waals surface area contributed by atoms with Crippen molar-refractivity contribution in [3.05, 3.63) is 32.8 Å². The molecule has 0 heterocycles. The number of ether oxygens (including phenoxy) is 1. The molecule has 0 fully saturated rings. The minimum atomic E-state index is -0.855. The molecule has 0 amide bonds. The van der Waals surface area contributed by atoms with Gasteiger partial charge in [-0.25, -0.2) is 0 Å². The molecule has 0 saturated carbocycles. The summed E-state index contributed by atoms with van der Waals surface area (Å²) in [7, 11) is 1.59. The maximum absolute atomic E-state index is 10.5. The topological polar surface area (TPSA) is 72.5 Å². The van der Waals surface area contributed by atoms with E-state index in [1.54, 1.807) is 13.2 Å². The lowest BCUT2D eigenvalue weighted by molar-refractivity contribution is -0.137. The predicted molar refractivity (Wildman–Crippen MR) is 73.7 cm³/mol. The van der Waals surface area contributed by atoms with Crippen molar-refractivity contribution in [2.75, 3.05) is 7.11 Å². The number of aliphatic carboxylic acids is 1. The van der Waals surface area contributed by atoms with Crippen molar-refractivity contribution in [3.63, 3.8) is 0 Å². The summed E-state index contributed by atoms with van der Waals surface area (Å²) in [6.45, 7) is 0.407. The van der Waals surface area contributed by atoms with Crippen LogP contribution in [0.2, 0.25) is 5.02 Å². The summed E-state index contributed by atoms with van der Waals surface area (Å²) < 4.78 is 5.86. The lowest BCUT2D eigenvalue weighted by atomic mass is 10.0. The zero-order valence-electron chi connectivity index (χ0n) is 9.95. The van der Waals surface area contributed by atoms with E-state index in [0.717, 1.165) is 15.6 Å². The fraction of sp³-hybridized carbons (Fsp3) is 0.417. The maximum atomic E-state index is 10.5. The number of hydrogen-bond acceptors (Lipinski definition) is 3. The van der Waals surface area contributed by atoms with E-state index < -0.39 is 5.97 Å². The van der Waals surface area contributed by atoms with E-state index in [4.69, 9.17) is 27.2 Å². The summed E-state index contributed by atoms with van der Waals surface area (Å²) in [6, 6.07) is 3.27. The van der Waals surface area contributed by atoms with Crippen molar-refractivity contribution in [3.8, 4) is 0 Å². The van der Waals surface area contributed by atoms with E-state index in [0.29, 0.717) is 18.1 Å². The van der Waals surface area contributed by atoms with Gasteiger partial charge in [-0.2, -0.15) is 0 Å². The van der Waals surface area contributed by atoms with Crippen molar-refractivity contribution in [1.29, 1.82) is 0 Å². The molecule has 1 aromatic rings. The second kappa shape index (κ2) is 7.09. The van der Waals surface area contributed by atoms with Crippen molar-refractivity contribution < 1.29 is 14.6 Å². The third-order valence-electron chi connectivity index (χ3n) is 2.55. The molecule has 0 bridgehead atoms. The largest absolute Gasteiger partial charge is 0.481 e. The smallest absolute Gasteiger partial charge is 0.303 e. The van der Waals surface area contributed by atoms with Gasteiger partial charge >= 0.3 is 5.97 Å². The highest BCUT2D eigenvalue weighted by Gasteiger charge is 2.13. The monoisotopic (exact) mass is 335 g/mol. The Morgan fingerprint density at radius 1 is 1.61 bits per heavy atom. The summed E-state index contributed by atoms with van der Waals surface area (Å²) in [5, 5.41) is 9.19. The molecule has 0 radical (unpaired) electrons. The first-order valence-corrected chi connectivity index (χ1v) is 6.57. The highest BCUT2D eigenvalue weighted by Crippen LogP contribution is 2.30. The van der Waals surface area contributed by atoms with Crippen LogP contribution in [0, 0.1) is 0 Å². The van der Waals surface area contributed by atoms with E-state index in [1.807, 2.05) is 6.07 Å². The highest BCUT2D eigenvalue weighted by atomic mass is 79.9. The molecule has 0 aliphatic rings. The molecule has 0 aliphatic carbocycles. The zero-order chi connectivity index (χ0) is 13.7. The molecule has 1 aromatic carbocycles. The summed E-state index contributed by atoms with van der Waals surface area (Å²) in [5.41, 5.74) is 7.60. The number of nitrogens with two attached hydrogens (primary N) is 1. The Kier molecular flexibility index (Phi) is 6.08. The first kappa shape index (κ1) is 15.4. The second-order valence-corrected chi connectivity index (χ2v) is 5.20. The van der Waals surface area contributed by atoms with Gasteiger partial charge in [-0.05, 0) is 24.1 Å². The molecular weight excluding hydrogens is 321 g/mol. The van der Waals surface area contributed by atoms with Crippen LogP contribution in [0.3, 0.4) is 0 Å². The summed E-state index contributed by atoms with van der Waals surface area (Å²) in [5.74, 6) is -0.855. The molecular formula is C12H15BrClNO3. The van der Waals surface area contributed by atoms with Gasteiger partial charge in [0.2, 0.25) is 0 Å². The summed E-state index contributed by atoms with van der Waals surface area (Å²) in [4.78, 5) is 10.5. The van der Waals surface area contributed by atoms with Gasteiger partial charge in [-0.15, -0.1) is 0 Å². The van der Waals surface area contributed by atoms with E-state index in [2.05, 4.69) is 15.9 Å². The van der Waals surface area contributed by atoms with Crippen LogP contribution < -0.4 is 5.73 Å². The fourth-order valence-electron chi connectivity index (χ4n) is 1.56. The first-order chi connectivity index (χ1) is 8.45. The van der Waals surface area contributed by atoms with Gasteiger partial charge in [-0.1, -0.05) is 27.5 Å². The maximum Gasteiger partial charge on any atom is 0.303 e. The highest BCUT2D eigenvalue weighted by molar-refractivity contribution is 9.10. The Hall–Kier alpha value is -0.620. The van der Waals surface area contributed by atoms with E-state index in [1.165, 1.54) is 0 Å². The summed E-state index contributed by atoms with van der Waals surface area (Å²) in [6.07, 6.45) is 0.415. The van der Waals surface area contributed by atoms with E-state index >= 15 is 0 Å². The van der Waals surface area contributed by atoms with Crippen LogP contribution in [0.5, 0.6) is 0 Å². The number of rotatable bonds is 6. The molecule has 4 nitrogen and oxygen atoms in total. The van der Waals surface area contributed by atoms with Crippen LogP contribution in [-0.4, -0.2) is 18.2 Å².